The Morgan fingerprint density at radius 2 is 2.21 bits per heavy atom. The second-order valence-electron chi connectivity index (χ2n) is 3.80. The van der Waals surface area contributed by atoms with Crippen LogP contribution >= 0.6 is 11.3 Å². The smallest absolute Gasteiger partial charge is 0.180 e. The third-order valence-corrected chi connectivity index (χ3v) is 2.89. The summed E-state index contributed by atoms with van der Waals surface area (Å²) in [6, 6.07) is 0. The molecule has 0 saturated heterocycles. The van der Waals surface area contributed by atoms with E-state index in [2.05, 4.69) is 31.1 Å². The van der Waals surface area contributed by atoms with Gasteiger partial charge in [0, 0.05) is 11.4 Å². The van der Waals surface area contributed by atoms with E-state index < -0.39 is 0 Å². The van der Waals surface area contributed by atoms with Gasteiger partial charge in [0.15, 0.2) is 5.13 Å². The Hall–Kier alpha value is -0.610. The fourth-order valence-electron chi connectivity index (χ4n) is 1.29. The highest BCUT2D eigenvalue weighted by atomic mass is 32.1. The minimum absolute atomic E-state index is 0.684. The zero-order valence-electron chi connectivity index (χ0n) is 9.13. The first-order valence-corrected chi connectivity index (χ1v) is 5.89. The van der Waals surface area contributed by atoms with Crippen LogP contribution in [-0.4, -0.2) is 11.5 Å². The molecule has 0 unspecified atom stereocenters. The molecule has 0 amide bonds. The summed E-state index contributed by atoms with van der Waals surface area (Å²) < 4.78 is 0. The number of anilines is 1. The Morgan fingerprint density at radius 1 is 1.50 bits per heavy atom. The van der Waals surface area contributed by atoms with Crippen LogP contribution in [0.15, 0.2) is 0 Å². The molecular weight excluding hydrogens is 194 g/mol. The highest BCUT2D eigenvalue weighted by Gasteiger charge is 2.06. The maximum absolute atomic E-state index is 5.67. The van der Waals surface area contributed by atoms with Crippen molar-refractivity contribution >= 4 is 16.5 Å². The van der Waals surface area contributed by atoms with Gasteiger partial charge in [-0.05, 0) is 18.9 Å². The molecule has 0 aliphatic heterocycles. The van der Waals surface area contributed by atoms with E-state index in [0.717, 1.165) is 25.2 Å². The van der Waals surface area contributed by atoms with E-state index in [-0.39, 0.29) is 0 Å². The van der Waals surface area contributed by atoms with Crippen molar-refractivity contribution in [2.45, 2.75) is 33.7 Å². The average Bonchev–Trinajstić information content (AvgIpc) is 2.45. The second-order valence-corrected chi connectivity index (χ2v) is 4.92. The predicted molar refractivity (Wildman–Crippen MR) is 62.4 cm³/mol. The van der Waals surface area contributed by atoms with Crippen LogP contribution in [0.4, 0.5) is 5.13 Å². The van der Waals surface area contributed by atoms with Crippen molar-refractivity contribution in [3.05, 3.63) is 10.6 Å². The number of hydrogen-bond donors (Lipinski definition) is 2. The van der Waals surface area contributed by atoms with Gasteiger partial charge in [-0.3, -0.25) is 0 Å². The van der Waals surface area contributed by atoms with Crippen LogP contribution in [-0.2, 0) is 13.0 Å². The van der Waals surface area contributed by atoms with Crippen molar-refractivity contribution in [3.63, 3.8) is 0 Å². The van der Waals surface area contributed by atoms with E-state index in [0.29, 0.717) is 11.0 Å². The number of rotatable bonds is 5. The molecule has 0 radical (unpaired) electrons. The normalized spacial score (nSPS) is 11.1. The molecule has 3 nitrogen and oxygen atoms in total. The van der Waals surface area contributed by atoms with Crippen molar-refractivity contribution in [2.24, 2.45) is 5.92 Å². The van der Waals surface area contributed by atoms with Gasteiger partial charge in [0.1, 0.15) is 0 Å². The summed E-state index contributed by atoms with van der Waals surface area (Å²) in [5.41, 5.74) is 6.81. The van der Waals surface area contributed by atoms with Crippen LogP contribution in [0.3, 0.4) is 0 Å². The third-order valence-electron chi connectivity index (χ3n) is 1.97. The summed E-state index contributed by atoms with van der Waals surface area (Å²) in [5.74, 6) is 0.686. The minimum Gasteiger partial charge on any atom is -0.375 e. The summed E-state index contributed by atoms with van der Waals surface area (Å²) in [6.07, 6.45) is 0.965. The van der Waals surface area contributed by atoms with Gasteiger partial charge >= 0.3 is 0 Å². The Labute approximate surface area is 89.7 Å². The monoisotopic (exact) mass is 213 g/mol. The average molecular weight is 213 g/mol. The number of nitrogens with one attached hydrogen (secondary N) is 1. The van der Waals surface area contributed by atoms with E-state index >= 15 is 0 Å². The van der Waals surface area contributed by atoms with E-state index in [9.17, 15) is 0 Å². The van der Waals surface area contributed by atoms with E-state index in [4.69, 9.17) is 5.73 Å². The molecule has 80 valence electrons. The highest BCUT2D eigenvalue weighted by Crippen LogP contribution is 2.20. The van der Waals surface area contributed by atoms with Crippen LogP contribution in [0.5, 0.6) is 0 Å². The van der Waals surface area contributed by atoms with Gasteiger partial charge in [0.2, 0.25) is 0 Å². The molecule has 0 aromatic carbocycles. The lowest BCUT2D eigenvalue weighted by atomic mass is 10.2. The molecule has 1 aromatic rings. The summed E-state index contributed by atoms with van der Waals surface area (Å²) in [6.45, 7) is 8.46. The summed E-state index contributed by atoms with van der Waals surface area (Å²) in [4.78, 5) is 5.57. The molecule has 3 N–H and O–H groups in total. The minimum atomic E-state index is 0.684. The molecule has 1 heterocycles. The summed E-state index contributed by atoms with van der Waals surface area (Å²) in [5, 5.41) is 4.09. The Kier molecular flexibility index (Phi) is 4.35. The molecule has 14 heavy (non-hydrogen) atoms. The van der Waals surface area contributed by atoms with Crippen molar-refractivity contribution in [2.75, 3.05) is 12.3 Å². The van der Waals surface area contributed by atoms with Gasteiger partial charge in [-0.2, -0.15) is 0 Å². The molecule has 4 heteroatoms. The quantitative estimate of drug-likeness (QED) is 0.787. The number of aromatic nitrogens is 1. The first kappa shape index (κ1) is 11.5. The van der Waals surface area contributed by atoms with Crippen LogP contribution in [0.2, 0.25) is 0 Å². The first-order valence-electron chi connectivity index (χ1n) is 5.08. The Morgan fingerprint density at radius 3 is 2.79 bits per heavy atom. The molecule has 1 aromatic heterocycles. The molecule has 0 saturated carbocycles. The fourth-order valence-corrected chi connectivity index (χ4v) is 2.18. The molecule has 0 spiro atoms. The Balaban J connectivity index is 2.48. The van der Waals surface area contributed by atoms with Gasteiger partial charge in [0.25, 0.3) is 0 Å². The maximum atomic E-state index is 5.67. The van der Waals surface area contributed by atoms with Crippen molar-refractivity contribution in [1.82, 2.24) is 10.3 Å². The predicted octanol–water partition coefficient (Wildman–Crippen LogP) is 2.03. The Bertz CT molecular complexity index is 281. The van der Waals surface area contributed by atoms with E-state index in [1.807, 2.05) is 0 Å². The zero-order valence-corrected chi connectivity index (χ0v) is 9.95. The van der Waals surface area contributed by atoms with Gasteiger partial charge < -0.3 is 11.1 Å². The van der Waals surface area contributed by atoms with E-state index in [1.54, 1.807) is 11.3 Å². The fraction of sp³-hybridized carbons (Fsp3) is 0.700. The van der Waals surface area contributed by atoms with Crippen LogP contribution < -0.4 is 11.1 Å². The second kappa shape index (κ2) is 5.32. The van der Waals surface area contributed by atoms with E-state index in [1.165, 1.54) is 4.88 Å². The highest BCUT2D eigenvalue weighted by molar-refractivity contribution is 7.15. The molecule has 0 aliphatic carbocycles. The van der Waals surface area contributed by atoms with Crippen LogP contribution in [0.1, 0.15) is 31.3 Å². The number of aryl methyl sites for hydroxylation is 1. The van der Waals surface area contributed by atoms with Crippen molar-refractivity contribution in [1.29, 1.82) is 0 Å². The standard InChI is InChI=1S/C10H19N3S/c1-4-8-9(14-10(11)13-8)6-12-5-7(2)3/h7,12H,4-6H2,1-3H3,(H2,11,13). The molecule has 0 aliphatic rings. The lowest BCUT2D eigenvalue weighted by Crippen LogP contribution is -2.18. The van der Waals surface area contributed by atoms with Gasteiger partial charge in [-0.1, -0.05) is 20.8 Å². The van der Waals surface area contributed by atoms with Crippen LogP contribution in [0.25, 0.3) is 0 Å². The molecule has 0 fully saturated rings. The lowest BCUT2D eigenvalue weighted by Gasteiger charge is -2.06. The number of nitrogens with two attached hydrogens (primary N) is 1. The number of hydrogen-bond acceptors (Lipinski definition) is 4. The summed E-state index contributed by atoms with van der Waals surface area (Å²) >= 11 is 1.59. The molecule has 0 bridgehead atoms. The SMILES string of the molecule is CCc1nc(N)sc1CNCC(C)C. The zero-order chi connectivity index (χ0) is 10.6. The molecular formula is C10H19N3S. The van der Waals surface area contributed by atoms with Crippen LogP contribution in [0, 0.1) is 5.92 Å². The van der Waals surface area contributed by atoms with Gasteiger partial charge in [-0.15, -0.1) is 11.3 Å². The van der Waals surface area contributed by atoms with Gasteiger partial charge in [-0.25, -0.2) is 4.98 Å². The topological polar surface area (TPSA) is 50.9 Å². The molecule has 0 atom stereocenters. The maximum Gasteiger partial charge on any atom is 0.180 e. The first-order chi connectivity index (χ1) is 6.63. The van der Waals surface area contributed by atoms with Crippen molar-refractivity contribution in [3.8, 4) is 0 Å². The lowest BCUT2D eigenvalue weighted by molar-refractivity contribution is 0.553. The third kappa shape index (κ3) is 3.27. The summed E-state index contributed by atoms with van der Waals surface area (Å²) in [7, 11) is 0. The molecule has 1 rings (SSSR count). The number of thiazole rings is 1. The largest absolute Gasteiger partial charge is 0.375 e. The number of nitrogen functional groups attached to an aromatic ring is 1. The van der Waals surface area contributed by atoms with Crippen molar-refractivity contribution < 1.29 is 0 Å². The number of nitrogens with zero attached hydrogens (tertiary/aromatic N) is 1. The van der Waals surface area contributed by atoms with Gasteiger partial charge in [0.05, 0.1) is 5.69 Å².